The van der Waals surface area contributed by atoms with Gasteiger partial charge in [-0.1, -0.05) is 60.2 Å². The Hall–Kier alpha value is -2.22. The molecule has 0 radical (unpaired) electrons. The van der Waals surface area contributed by atoms with Crippen molar-refractivity contribution >= 4 is 9.38 Å². The molecule has 0 aliphatic heterocycles. The maximum Gasteiger partial charge on any atom is -0.109 e. The van der Waals surface area contributed by atoms with E-state index in [-0.39, 0.29) is 0 Å². The van der Waals surface area contributed by atoms with Gasteiger partial charge in [-0.2, -0.15) is 6.08 Å². The summed E-state index contributed by atoms with van der Waals surface area (Å²) in [7, 11) is 0. The standard InChI is InChI=1S/C18H18O.C5H5.C3H6.Ti/c1-15(2)13-17(16-9-5-3-6-10-16)14-19-18-11-7-4-8-12-18;1-2-4-5-3-1;1-3-2;/h3-14H,1-2H3;1-3H,4H2;1-2H3;/q;-1;;+1. The predicted octanol–water partition coefficient (Wildman–Crippen LogP) is 7.12. The second kappa shape index (κ2) is 14.8. The molecule has 0 bridgehead atoms. The van der Waals surface area contributed by atoms with Crippen LogP contribution in [0.2, 0.25) is 0 Å². The molecule has 0 saturated carbocycles. The second-order valence-electron chi connectivity index (χ2n) is 6.59. The van der Waals surface area contributed by atoms with E-state index in [1.54, 1.807) is 6.26 Å². The van der Waals surface area contributed by atoms with E-state index in [1.807, 2.05) is 60.7 Å². The maximum absolute atomic E-state index is 5.72. The third-order valence-electron chi connectivity index (χ3n) is 3.20. The van der Waals surface area contributed by atoms with Crippen molar-refractivity contribution in [3.63, 3.8) is 0 Å². The Balaban J connectivity index is 0.000000359. The molecule has 0 spiro atoms. The average molecular weight is 405 g/mol. The number of rotatable bonds is 4. The minimum atomic E-state index is 0.845. The van der Waals surface area contributed by atoms with Crippen molar-refractivity contribution in [2.75, 3.05) is 0 Å². The van der Waals surface area contributed by atoms with Gasteiger partial charge in [0.15, 0.2) is 0 Å². The number of benzene rings is 2. The van der Waals surface area contributed by atoms with Gasteiger partial charge in [-0.05, 0) is 31.5 Å². The Bertz CT molecular complexity index is 794. The van der Waals surface area contributed by atoms with Crippen molar-refractivity contribution in [2.45, 2.75) is 34.1 Å². The Morgan fingerprint density at radius 2 is 1.50 bits per heavy atom. The van der Waals surface area contributed by atoms with E-state index in [9.17, 15) is 0 Å². The summed E-state index contributed by atoms with van der Waals surface area (Å²) in [6.07, 6.45) is 13.9. The number of ether oxygens (including phenoxy) is 1. The normalized spacial score (nSPS) is 11.6. The van der Waals surface area contributed by atoms with E-state index in [1.165, 1.54) is 9.38 Å². The Kier molecular flexibility index (Phi) is 12.6. The van der Waals surface area contributed by atoms with Gasteiger partial charge in [0.2, 0.25) is 0 Å². The molecule has 0 unspecified atom stereocenters. The topological polar surface area (TPSA) is 9.23 Å². The Labute approximate surface area is 182 Å². The van der Waals surface area contributed by atoms with Gasteiger partial charge in [-0.15, -0.1) is 6.42 Å². The fourth-order valence-corrected chi connectivity index (χ4v) is 2.10. The fraction of sp³-hybridized carbons (Fsp3) is 0.192. The van der Waals surface area contributed by atoms with Gasteiger partial charge in [-0.3, -0.25) is 6.08 Å². The van der Waals surface area contributed by atoms with Crippen LogP contribution in [-0.4, -0.2) is 3.81 Å². The summed E-state index contributed by atoms with van der Waals surface area (Å²) in [6.45, 7) is 8.33. The van der Waals surface area contributed by atoms with Gasteiger partial charge in [0.05, 0.1) is 6.26 Å². The van der Waals surface area contributed by atoms with Crippen LogP contribution in [0.15, 0.2) is 96.8 Å². The summed E-state index contributed by atoms with van der Waals surface area (Å²) in [5, 5.41) is 0. The average Bonchev–Trinajstić information content (AvgIpc) is 3.26. The molecule has 0 saturated heterocycles. The monoisotopic (exact) mass is 405 g/mol. The quantitative estimate of drug-likeness (QED) is 0.228. The van der Waals surface area contributed by atoms with Crippen LogP contribution in [0.3, 0.4) is 0 Å². The summed E-state index contributed by atoms with van der Waals surface area (Å²) >= 11 is 2.08. The van der Waals surface area contributed by atoms with Crippen LogP contribution in [0.1, 0.15) is 39.7 Å². The SMILES string of the molecule is CC(C)=CC(=COc1ccccc1)c1ccccc1.C[C](C)=[Ti+].[C-]1=CC=CC1. The zero-order chi connectivity index (χ0) is 20.6. The number of hydrogen-bond donors (Lipinski definition) is 0. The minimum Gasteiger partial charge on any atom is -0.273 e. The van der Waals surface area contributed by atoms with Crippen LogP contribution in [0.5, 0.6) is 5.75 Å². The van der Waals surface area contributed by atoms with Gasteiger partial charge in [-0.25, -0.2) is 12.2 Å². The molecule has 1 aliphatic rings. The molecule has 0 atom stereocenters. The first-order chi connectivity index (χ1) is 13.5. The van der Waals surface area contributed by atoms with E-state index in [2.05, 4.69) is 78.0 Å². The van der Waals surface area contributed by atoms with E-state index in [0.29, 0.717) is 0 Å². The molecule has 28 heavy (non-hydrogen) atoms. The van der Waals surface area contributed by atoms with Gasteiger partial charge in [0.1, 0.15) is 5.75 Å². The van der Waals surface area contributed by atoms with Crippen molar-refractivity contribution in [3.05, 3.63) is 108 Å². The molecular formula is C26H29OTi. The van der Waals surface area contributed by atoms with Gasteiger partial charge in [0, 0.05) is 5.57 Å². The van der Waals surface area contributed by atoms with Crippen molar-refractivity contribution in [3.8, 4) is 5.75 Å². The predicted molar refractivity (Wildman–Crippen MR) is 119 cm³/mol. The van der Waals surface area contributed by atoms with Crippen molar-refractivity contribution < 1.29 is 24.7 Å². The molecule has 3 rings (SSSR count). The smallest absolute Gasteiger partial charge is 0.109 e. The van der Waals surface area contributed by atoms with Crippen LogP contribution in [0.25, 0.3) is 5.57 Å². The molecule has 0 amide bonds. The van der Waals surface area contributed by atoms with E-state index < -0.39 is 0 Å². The zero-order valence-electron chi connectivity index (χ0n) is 17.3. The third kappa shape index (κ3) is 12.2. The molecule has 0 fully saturated rings. The second-order valence-corrected chi connectivity index (χ2v) is 8.16. The van der Waals surface area contributed by atoms with Gasteiger partial charge in [0.25, 0.3) is 0 Å². The van der Waals surface area contributed by atoms with Crippen LogP contribution < -0.4 is 4.74 Å². The molecule has 143 valence electrons. The van der Waals surface area contributed by atoms with Gasteiger partial charge >= 0.3 is 37.6 Å². The zero-order valence-corrected chi connectivity index (χ0v) is 18.8. The maximum atomic E-state index is 5.72. The first kappa shape index (κ1) is 23.8. The van der Waals surface area contributed by atoms with Crippen LogP contribution in [0, 0.1) is 6.08 Å². The van der Waals surface area contributed by atoms with Crippen molar-refractivity contribution in [1.29, 1.82) is 0 Å². The molecule has 2 heteroatoms. The summed E-state index contributed by atoms with van der Waals surface area (Å²) < 4.78 is 7.13. The molecule has 2 aromatic rings. The minimum absolute atomic E-state index is 0.845. The van der Waals surface area contributed by atoms with Crippen molar-refractivity contribution in [1.82, 2.24) is 0 Å². The molecule has 2 aromatic carbocycles. The largest absolute Gasteiger partial charge is 0.273 e. The van der Waals surface area contributed by atoms with E-state index >= 15 is 0 Å². The third-order valence-corrected chi connectivity index (χ3v) is 3.20. The Morgan fingerprint density at radius 1 is 0.929 bits per heavy atom. The first-order valence-corrected chi connectivity index (χ1v) is 10.1. The fourth-order valence-electron chi connectivity index (χ4n) is 2.10. The molecular weight excluding hydrogens is 376 g/mol. The molecule has 1 aliphatic carbocycles. The van der Waals surface area contributed by atoms with Crippen LogP contribution in [0.4, 0.5) is 0 Å². The number of para-hydroxylation sites is 1. The summed E-state index contributed by atoms with van der Waals surface area (Å²) in [4.78, 5) is 0. The van der Waals surface area contributed by atoms with Crippen LogP contribution >= 0.6 is 0 Å². The number of allylic oxidation sites excluding steroid dienone is 7. The molecule has 0 aromatic heterocycles. The molecule has 1 nitrogen and oxygen atoms in total. The number of hydrogen-bond acceptors (Lipinski definition) is 1. The van der Waals surface area contributed by atoms with Gasteiger partial charge < -0.3 is 4.74 Å². The summed E-state index contributed by atoms with van der Waals surface area (Å²) in [6, 6.07) is 20.0. The Morgan fingerprint density at radius 3 is 1.93 bits per heavy atom. The summed E-state index contributed by atoms with van der Waals surface area (Å²) in [5.41, 5.74) is 3.47. The molecule has 0 N–H and O–H groups in total. The van der Waals surface area contributed by atoms with E-state index in [4.69, 9.17) is 4.74 Å². The summed E-state index contributed by atoms with van der Waals surface area (Å²) in [5.74, 6) is 0.845. The van der Waals surface area contributed by atoms with Crippen molar-refractivity contribution in [2.24, 2.45) is 0 Å². The molecule has 0 heterocycles. The van der Waals surface area contributed by atoms with E-state index in [0.717, 1.165) is 23.3 Å². The van der Waals surface area contributed by atoms with Crippen LogP contribution in [-0.2, 0) is 20.0 Å². The first-order valence-electron chi connectivity index (χ1n) is 9.34.